The van der Waals surface area contributed by atoms with Crippen molar-refractivity contribution in [1.82, 2.24) is 10.2 Å². The maximum atomic E-state index is 13.0. The van der Waals surface area contributed by atoms with Crippen molar-refractivity contribution >= 4 is 17.6 Å². The summed E-state index contributed by atoms with van der Waals surface area (Å²) in [5, 5.41) is 3.27. The van der Waals surface area contributed by atoms with Crippen LogP contribution in [-0.4, -0.2) is 49.8 Å². The van der Waals surface area contributed by atoms with Crippen LogP contribution in [0.15, 0.2) is 52.1 Å². The summed E-state index contributed by atoms with van der Waals surface area (Å²) in [5.41, 5.74) is 3.42. The highest BCUT2D eigenvalue weighted by molar-refractivity contribution is 8.03. The Morgan fingerprint density at radius 1 is 1.54 bits per heavy atom. The highest BCUT2D eigenvalue weighted by atomic mass is 32.2. The van der Waals surface area contributed by atoms with Crippen molar-refractivity contribution in [3.8, 4) is 0 Å². The van der Waals surface area contributed by atoms with E-state index in [1.165, 1.54) is 11.3 Å². The van der Waals surface area contributed by atoms with E-state index in [0.29, 0.717) is 18.9 Å². The Labute approximate surface area is 149 Å². The van der Waals surface area contributed by atoms with Crippen molar-refractivity contribution in [2.24, 2.45) is 10.9 Å². The maximum Gasteiger partial charge on any atom is 0.141 e. The lowest BCUT2D eigenvalue weighted by atomic mass is 9.99. The molecule has 2 rings (SSSR count). The van der Waals surface area contributed by atoms with Gasteiger partial charge in [0.05, 0.1) is 6.54 Å². The molecular formula is C19H28FN3S. The van der Waals surface area contributed by atoms with Crippen molar-refractivity contribution in [3.05, 3.63) is 47.1 Å². The monoisotopic (exact) mass is 349 g/mol. The lowest BCUT2D eigenvalue weighted by Gasteiger charge is -2.29. The second kappa shape index (κ2) is 8.67. The number of alkyl halides is 1. The van der Waals surface area contributed by atoms with Crippen molar-refractivity contribution < 1.29 is 4.39 Å². The molecule has 24 heavy (non-hydrogen) atoms. The number of halogens is 1. The minimum atomic E-state index is -0.824. The molecule has 2 unspecified atom stereocenters. The Balaban J connectivity index is 2.24. The van der Waals surface area contributed by atoms with E-state index < -0.39 is 6.17 Å². The second-order valence-electron chi connectivity index (χ2n) is 6.37. The first-order chi connectivity index (χ1) is 11.5. The third kappa shape index (κ3) is 4.39. The normalized spacial score (nSPS) is 21.9. The number of aliphatic imine (C=N–C) groups is 1. The van der Waals surface area contributed by atoms with Gasteiger partial charge in [-0.15, -0.1) is 11.8 Å². The van der Waals surface area contributed by atoms with Crippen LogP contribution in [0.4, 0.5) is 4.39 Å². The summed E-state index contributed by atoms with van der Waals surface area (Å²) >= 11 is 1.64. The van der Waals surface area contributed by atoms with Gasteiger partial charge in [0.1, 0.15) is 12.0 Å². The van der Waals surface area contributed by atoms with Crippen LogP contribution in [-0.2, 0) is 0 Å². The molecular weight excluding hydrogens is 321 g/mol. The van der Waals surface area contributed by atoms with Gasteiger partial charge in [-0.25, -0.2) is 4.39 Å². The number of rotatable bonds is 8. The Kier molecular flexibility index (Phi) is 6.87. The lowest BCUT2D eigenvalue weighted by Crippen LogP contribution is -2.33. The Morgan fingerprint density at radius 2 is 2.29 bits per heavy atom. The molecule has 2 aliphatic heterocycles. The average molecular weight is 350 g/mol. The average Bonchev–Trinajstić information content (AvgIpc) is 2.96. The predicted molar refractivity (Wildman–Crippen MR) is 104 cm³/mol. The molecule has 5 heteroatoms. The van der Waals surface area contributed by atoms with Gasteiger partial charge >= 0.3 is 0 Å². The van der Waals surface area contributed by atoms with Crippen LogP contribution < -0.4 is 5.32 Å². The molecule has 1 saturated heterocycles. The molecule has 132 valence electrons. The number of hydrogen-bond donors (Lipinski definition) is 1. The van der Waals surface area contributed by atoms with Gasteiger partial charge in [-0.05, 0) is 56.7 Å². The van der Waals surface area contributed by atoms with Gasteiger partial charge in [0.2, 0.25) is 0 Å². The third-order valence-electron chi connectivity index (χ3n) is 4.40. The molecule has 0 aromatic carbocycles. The SMILES string of the molecule is C=C(/C=C\CC(C)F)C1=C2CC(CNC)CN2C(C(=C)SC)=NC1. The zero-order valence-electron chi connectivity index (χ0n) is 14.9. The molecule has 2 atom stereocenters. The van der Waals surface area contributed by atoms with Gasteiger partial charge in [-0.1, -0.05) is 25.3 Å². The third-order valence-corrected chi connectivity index (χ3v) is 5.07. The van der Waals surface area contributed by atoms with Gasteiger partial charge in [0.15, 0.2) is 0 Å². The van der Waals surface area contributed by atoms with Crippen LogP contribution in [0.25, 0.3) is 0 Å². The molecule has 0 spiro atoms. The summed E-state index contributed by atoms with van der Waals surface area (Å²) in [6.45, 7) is 12.5. The number of hydrogen-bond acceptors (Lipinski definition) is 4. The van der Waals surface area contributed by atoms with Crippen LogP contribution in [0.2, 0.25) is 0 Å². The van der Waals surface area contributed by atoms with E-state index in [0.717, 1.165) is 35.8 Å². The molecule has 1 N–H and O–H groups in total. The molecule has 3 nitrogen and oxygen atoms in total. The lowest BCUT2D eigenvalue weighted by molar-refractivity contribution is 0.365. The summed E-state index contributed by atoms with van der Waals surface area (Å²) in [4.78, 5) is 8.06. The van der Waals surface area contributed by atoms with E-state index in [1.807, 2.05) is 25.5 Å². The fourth-order valence-electron chi connectivity index (χ4n) is 3.19. The van der Waals surface area contributed by atoms with E-state index in [1.54, 1.807) is 18.7 Å². The van der Waals surface area contributed by atoms with Gasteiger partial charge in [-0.2, -0.15) is 0 Å². The van der Waals surface area contributed by atoms with Crippen LogP contribution in [0.3, 0.4) is 0 Å². The zero-order chi connectivity index (χ0) is 17.7. The first-order valence-electron chi connectivity index (χ1n) is 8.39. The Bertz CT molecular complexity index is 589. The summed E-state index contributed by atoms with van der Waals surface area (Å²) < 4.78 is 13.0. The quantitative estimate of drug-likeness (QED) is 0.673. The molecule has 0 aliphatic carbocycles. The molecule has 0 aromatic rings. The summed E-state index contributed by atoms with van der Waals surface area (Å²) in [6, 6.07) is 0. The molecule has 0 bridgehead atoms. The number of allylic oxidation sites excluding steroid dienone is 3. The topological polar surface area (TPSA) is 27.6 Å². The van der Waals surface area contributed by atoms with E-state index >= 15 is 0 Å². The van der Waals surface area contributed by atoms with E-state index in [4.69, 9.17) is 4.99 Å². The molecule has 2 heterocycles. The summed E-state index contributed by atoms with van der Waals surface area (Å²) in [7, 11) is 1.99. The van der Waals surface area contributed by atoms with Crippen LogP contribution >= 0.6 is 11.8 Å². The van der Waals surface area contributed by atoms with Crippen molar-refractivity contribution in [2.45, 2.75) is 25.9 Å². The minimum Gasteiger partial charge on any atom is -0.329 e. The van der Waals surface area contributed by atoms with Crippen LogP contribution in [0, 0.1) is 5.92 Å². The first-order valence-corrected chi connectivity index (χ1v) is 9.62. The Morgan fingerprint density at radius 3 is 2.92 bits per heavy atom. The number of thioether (sulfide) groups is 1. The molecule has 0 saturated carbocycles. The first kappa shape index (κ1) is 19.0. The standard InChI is InChI=1S/C19H28FN3S/c1-13(7-6-8-14(2)20)17-11-22-19(15(3)24-5)23-12-16(10-21-4)9-18(17)23/h6-7,14,16,21H,1,3,8-12H2,2,4-5H3/b7-6-. The summed E-state index contributed by atoms with van der Waals surface area (Å²) in [6.07, 6.45) is 6.45. The zero-order valence-corrected chi connectivity index (χ0v) is 15.8. The van der Waals surface area contributed by atoms with Crippen LogP contribution in [0.5, 0.6) is 0 Å². The molecule has 1 fully saturated rings. The van der Waals surface area contributed by atoms with Gasteiger partial charge in [0.25, 0.3) is 0 Å². The van der Waals surface area contributed by atoms with Gasteiger partial charge in [-0.3, -0.25) is 4.99 Å². The predicted octanol–water partition coefficient (Wildman–Crippen LogP) is 3.93. The highest BCUT2D eigenvalue weighted by Crippen LogP contribution is 2.36. The van der Waals surface area contributed by atoms with E-state index in [-0.39, 0.29) is 0 Å². The number of nitrogens with zero attached hydrogens (tertiary/aromatic N) is 2. The van der Waals surface area contributed by atoms with Crippen molar-refractivity contribution in [3.63, 3.8) is 0 Å². The molecule has 0 radical (unpaired) electrons. The van der Waals surface area contributed by atoms with Gasteiger partial charge < -0.3 is 10.2 Å². The molecule has 0 amide bonds. The minimum absolute atomic E-state index is 0.422. The molecule has 0 aromatic heterocycles. The smallest absolute Gasteiger partial charge is 0.141 e. The number of fused-ring (bicyclic) bond motifs is 1. The Hall–Kier alpha value is -1.33. The van der Waals surface area contributed by atoms with E-state index in [9.17, 15) is 4.39 Å². The largest absolute Gasteiger partial charge is 0.329 e. The number of nitrogens with one attached hydrogen (secondary N) is 1. The highest BCUT2D eigenvalue weighted by Gasteiger charge is 2.34. The fraction of sp³-hybridized carbons (Fsp3) is 0.526. The summed E-state index contributed by atoms with van der Waals surface area (Å²) in [5.74, 6) is 1.55. The van der Waals surface area contributed by atoms with Gasteiger partial charge in [0, 0.05) is 17.1 Å². The maximum absolute atomic E-state index is 13.0. The van der Waals surface area contributed by atoms with Crippen LogP contribution in [0.1, 0.15) is 19.8 Å². The second-order valence-corrected chi connectivity index (χ2v) is 7.28. The van der Waals surface area contributed by atoms with Crippen molar-refractivity contribution in [1.29, 1.82) is 0 Å². The molecule has 2 aliphatic rings. The fourth-order valence-corrected chi connectivity index (χ4v) is 3.55. The van der Waals surface area contributed by atoms with Crippen molar-refractivity contribution in [2.75, 3.05) is 32.9 Å². The number of amidine groups is 1. The van der Waals surface area contributed by atoms with E-state index in [2.05, 4.69) is 23.4 Å².